The molecule has 0 spiro atoms. The highest BCUT2D eigenvalue weighted by molar-refractivity contribution is 7.99. The molecule has 0 radical (unpaired) electrons. The average Bonchev–Trinajstić information content (AvgIpc) is 2.30. The van der Waals surface area contributed by atoms with Crippen LogP contribution in [0.15, 0.2) is 0 Å². The second-order valence-electron chi connectivity index (χ2n) is 5.09. The summed E-state index contributed by atoms with van der Waals surface area (Å²) in [5.74, 6) is -0.648. The average molecular weight is 296 g/mol. The molecule has 0 aliphatic carbocycles. The Morgan fingerprint density at radius 2 is 2.00 bits per heavy atom. The Hall–Kier alpha value is -0.320. The normalized spacial score (nSPS) is 13.3. The summed E-state index contributed by atoms with van der Waals surface area (Å²) < 4.78 is 30.3. The Morgan fingerprint density at radius 3 is 2.58 bits per heavy atom. The van der Waals surface area contributed by atoms with Gasteiger partial charge in [0.25, 0.3) is 0 Å². The molecule has 0 rings (SSSR count). The first-order valence-electron chi connectivity index (χ1n) is 6.96. The van der Waals surface area contributed by atoms with E-state index in [1.54, 1.807) is 11.8 Å². The highest BCUT2D eigenvalue weighted by Gasteiger charge is 2.21. The van der Waals surface area contributed by atoms with Gasteiger partial charge in [0.15, 0.2) is 0 Å². The fourth-order valence-electron chi connectivity index (χ4n) is 1.52. The van der Waals surface area contributed by atoms with E-state index in [-0.39, 0.29) is 12.4 Å². The van der Waals surface area contributed by atoms with Crippen LogP contribution in [0.25, 0.3) is 0 Å². The quantitative estimate of drug-likeness (QED) is 0.414. The number of esters is 1. The molecular formula is C14H26F2O2S. The van der Waals surface area contributed by atoms with Gasteiger partial charge in [0, 0.05) is 18.6 Å². The van der Waals surface area contributed by atoms with Gasteiger partial charge in [-0.15, -0.1) is 0 Å². The van der Waals surface area contributed by atoms with Crippen LogP contribution in [0, 0.1) is 5.92 Å². The fourth-order valence-corrected chi connectivity index (χ4v) is 2.50. The van der Waals surface area contributed by atoms with Crippen molar-refractivity contribution in [2.75, 3.05) is 18.1 Å². The van der Waals surface area contributed by atoms with Gasteiger partial charge >= 0.3 is 5.97 Å². The van der Waals surface area contributed by atoms with E-state index in [2.05, 4.69) is 0 Å². The molecule has 0 aromatic carbocycles. The number of alkyl halides is 2. The molecule has 1 unspecified atom stereocenters. The molecule has 0 aromatic heterocycles. The molecule has 0 aliphatic heterocycles. The lowest BCUT2D eigenvalue weighted by molar-refractivity contribution is -0.143. The zero-order chi connectivity index (χ0) is 14.7. The molecule has 0 aromatic rings. The lowest BCUT2D eigenvalue weighted by atomic mass is 10.0. The molecule has 0 amide bonds. The predicted molar refractivity (Wildman–Crippen MR) is 76.8 cm³/mol. The van der Waals surface area contributed by atoms with E-state index >= 15 is 0 Å². The molecule has 0 saturated heterocycles. The number of halogens is 2. The monoisotopic (exact) mass is 296 g/mol. The van der Waals surface area contributed by atoms with Gasteiger partial charge in [0.1, 0.15) is 6.61 Å². The number of rotatable bonds is 11. The van der Waals surface area contributed by atoms with Crippen LogP contribution < -0.4 is 0 Å². The molecule has 0 N–H and O–H groups in total. The molecule has 0 heterocycles. The van der Waals surface area contributed by atoms with Crippen molar-refractivity contribution in [3.05, 3.63) is 0 Å². The summed E-state index contributed by atoms with van der Waals surface area (Å²) in [7, 11) is 0. The molecule has 114 valence electrons. The summed E-state index contributed by atoms with van der Waals surface area (Å²) in [6, 6.07) is 0. The molecule has 2 nitrogen and oxygen atoms in total. The first kappa shape index (κ1) is 18.7. The molecule has 0 fully saturated rings. The van der Waals surface area contributed by atoms with Crippen LogP contribution in [0.3, 0.4) is 0 Å². The third-order valence-electron chi connectivity index (χ3n) is 2.78. The molecule has 5 heteroatoms. The van der Waals surface area contributed by atoms with Gasteiger partial charge in [0.2, 0.25) is 5.92 Å². The van der Waals surface area contributed by atoms with E-state index in [1.165, 1.54) is 0 Å². The minimum atomic E-state index is -2.55. The maximum atomic E-state index is 12.7. The minimum Gasteiger partial charge on any atom is -0.465 e. The van der Waals surface area contributed by atoms with E-state index in [4.69, 9.17) is 4.74 Å². The van der Waals surface area contributed by atoms with Crippen LogP contribution in [-0.2, 0) is 9.53 Å². The lowest BCUT2D eigenvalue weighted by Gasteiger charge is -2.14. The molecule has 0 aliphatic rings. The van der Waals surface area contributed by atoms with Crippen LogP contribution in [0.5, 0.6) is 0 Å². The third kappa shape index (κ3) is 13.9. The highest BCUT2D eigenvalue weighted by Crippen LogP contribution is 2.23. The van der Waals surface area contributed by atoms with Gasteiger partial charge in [-0.1, -0.05) is 13.8 Å². The Kier molecular flexibility index (Phi) is 10.3. The number of hydrogen-bond donors (Lipinski definition) is 0. The summed E-state index contributed by atoms with van der Waals surface area (Å²) in [5, 5.41) is 0. The van der Waals surface area contributed by atoms with Gasteiger partial charge in [-0.3, -0.25) is 4.79 Å². The first-order valence-corrected chi connectivity index (χ1v) is 8.11. The molecule has 1 atom stereocenters. The molecule has 0 saturated carbocycles. The van der Waals surface area contributed by atoms with Crippen LogP contribution >= 0.6 is 11.8 Å². The number of thioether (sulfide) groups is 1. The summed E-state index contributed by atoms with van der Waals surface area (Å²) in [6.07, 6.45) is 2.76. The molecule has 19 heavy (non-hydrogen) atoms. The van der Waals surface area contributed by atoms with Gasteiger partial charge in [-0.05, 0) is 37.9 Å². The second kappa shape index (κ2) is 10.5. The Balaban J connectivity index is 3.36. The van der Waals surface area contributed by atoms with Crippen molar-refractivity contribution < 1.29 is 18.3 Å². The van der Waals surface area contributed by atoms with E-state index in [1.807, 2.05) is 13.8 Å². The van der Waals surface area contributed by atoms with Crippen molar-refractivity contribution in [2.24, 2.45) is 5.92 Å². The van der Waals surface area contributed by atoms with Crippen molar-refractivity contribution in [3.63, 3.8) is 0 Å². The van der Waals surface area contributed by atoms with E-state index < -0.39 is 5.92 Å². The van der Waals surface area contributed by atoms with Crippen LogP contribution in [0.4, 0.5) is 8.78 Å². The molecule has 0 bridgehead atoms. The largest absolute Gasteiger partial charge is 0.465 e. The minimum absolute atomic E-state index is 0.0343. The van der Waals surface area contributed by atoms with E-state index in [0.717, 1.165) is 31.3 Å². The van der Waals surface area contributed by atoms with Gasteiger partial charge in [-0.2, -0.15) is 11.8 Å². The zero-order valence-corrected chi connectivity index (χ0v) is 13.0. The number of carbonyl (C=O) groups is 1. The van der Waals surface area contributed by atoms with Crippen molar-refractivity contribution in [2.45, 2.75) is 58.8 Å². The van der Waals surface area contributed by atoms with Crippen molar-refractivity contribution in [1.82, 2.24) is 0 Å². The van der Waals surface area contributed by atoms with E-state index in [0.29, 0.717) is 25.4 Å². The number of carbonyl (C=O) groups excluding carboxylic acids is 1. The maximum absolute atomic E-state index is 12.7. The Bertz CT molecular complexity index is 242. The van der Waals surface area contributed by atoms with Crippen molar-refractivity contribution in [1.29, 1.82) is 0 Å². The summed E-state index contributed by atoms with van der Waals surface area (Å²) in [6.45, 7) is 5.37. The Labute approximate surface area is 119 Å². The Morgan fingerprint density at radius 1 is 1.32 bits per heavy atom. The first-order chi connectivity index (χ1) is 8.85. The third-order valence-corrected chi connectivity index (χ3v) is 3.76. The van der Waals surface area contributed by atoms with Gasteiger partial charge in [0.05, 0.1) is 0 Å². The lowest BCUT2D eigenvalue weighted by Crippen LogP contribution is -2.12. The smallest absolute Gasteiger partial charge is 0.305 e. The molecular weight excluding hydrogens is 270 g/mol. The van der Waals surface area contributed by atoms with Crippen molar-refractivity contribution in [3.8, 4) is 0 Å². The zero-order valence-electron chi connectivity index (χ0n) is 12.2. The summed E-state index contributed by atoms with van der Waals surface area (Å²) in [5.41, 5.74) is 0. The number of hydrogen-bond acceptors (Lipinski definition) is 3. The number of ether oxygens (including phenoxy) is 1. The fraction of sp³-hybridized carbons (Fsp3) is 0.929. The topological polar surface area (TPSA) is 26.3 Å². The van der Waals surface area contributed by atoms with Crippen LogP contribution in [-0.4, -0.2) is 30.0 Å². The van der Waals surface area contributed by atoms with Crippen LogP contribution in [0.2, 0.25) is 0 Å². The van der Waals surface area contributed by atoms with Gasteiger partial charge in [-0.25, -0.2) is 8.78 Å². The predicted octanol–water partition coefficient (Wildman–Crippen LogP) is 4.52. The standard InChI is InChI=1S/C14H26F2O2S/c1-4-5-13(17)18-9-11-19-10-7-12(2)6-8-14(3,15)16/h12H,4-11H2,1-3H3. The van der Waals surface area contributed by atoms with E-state index in [9.17, 15) is 13.6 Å². The highest BCUT2D eigenvalue weighted by atomic mass is 32.2. The van der Waals surface area contributed by atoms with Gasteiger partial charge < -0.3 is 4.74 Å². The summed E-state index contributed by atoms with van der Waals surface area (Å²) >= 11 is 1.71. The second-order valence-corrected chi connectivity index (χ2v) is 6.31. The SMILES string of the molecule is CCCC(=O)OCCSCCC(C)CCC(C)(F)F. The summed E-state index contributed by atoms with van der Waals surface area (Å²) in [4.78, 5) is 11.1. The van der Waals surface area contributed by atoms with Crippen molar-refractivity contribution >= 4 is 17.7 Å². The van der Waals surface area contributed by atoms with Crippen LogP contribution in [0.1, 0.15) is 52.9 Å². The maximum Gasteiger partial charge on any atom is 0.305 e.